The van der Waals surface area contributed by atoms with Gasteiger partial charge in [0.1, 0.15) is 16.5 Å². The van der Waals surface area contributed by atoms with Gasteiger partial charge in [-0.05, 0) is 24.3 Å². The second-order valence-electron chi connectivity index (χ2n) is 3.98. The van der Waals surface area contributed by atoms with Crippen molar-refractivity contribution in [3.63, 3.8) is 0 Å². The zero-order valence-electron chi connectivity index (χ0n) is 9.82. The van der Waals surface area contributed by atoms with Crippen LogP contribution in [0.2, 0.25) is 0 Å². The van der Waals surface area contributed by atoms with Crippen molar-refractivity contribution in [2.45, 2.75) is 0 Å². The fraction of sp³-hybridized carbons (Fsp3) is 0. The van der Waals surface area contributed by atoms with Crippen molar-refractivity contribution in [2.24, 2.45) is 0 Å². The molecule has 0 atom stereocenters. The molecule has 0 spiro atoms. The number of phenolic OH excluding ortho intramolecular Hbond substituents is 2. The van der Waals surface area contributed by atoms with E-state index >= 15 is 0 Å². The van der Waals surface area contributed by atoms with Crippen LogP contribution in [0.1, 0.15) is 0 Å². The summed E-state index contributed by atoms with van der Waals surface area (Å²) in [6.07, 6.45) is 3.43. The molecule has 94 valence electrons. The molecule has 2 N–H and O–H groups in total. The van der Waals surface area contributed by atoms with Crippen LogP contribution >= 0.6 is 11.3 Å². The van der Waals surface area contributed by atoms with E-state index in [-0.39, 0.29) is 11.5 Å². The molecule has 19 heavy (non-hydrogen) atoms. The lowest BCUT2D eigenvalue weighted by Crippen LogP contribution is -1.81. The Hall–Kier alpha value is -2.40. The summed E-state index contributed by atoms with van der Waals surface area (Å²) in [5.74, 6) is 0.0532. The molecule has 0 amide bonds. The van der Waals surface area contributed by atoms with Gasteiger partial charge < -0.3 is 10.2 Å². The lowest BCUT2D eigenvalue weighted by Gasteiger charge is -2.01. The van der Waals surface area contributed by atoms with Crippen LogP contribution in [-0.2, 0) is 0 Å². The first-order valence-corrected chi connectivity index (χ1v) is 6.50. The van der Waals surface area contributed by atoms with E-state index in [0.29, 0.717) is 11.3 Å². The van der Waals surface area contributed by atoms with E-state index in [1.807, 2.05) is 17.5 Å². The Morgan fingerprint density at radius 2 is 1.79 bits per heavy atom. The van der Waals surface area contributed by atoms with Crippen LogP contribution in [0.5, 0.6) is 11.5 Å². The third kappa shape index (κ3) is 2.28. The Bertz CT molecular complexity index is 710. The Balaban J connectivity index is 2.02. The van der Waals surface area contributed by atoms with Crippen LogP contribution < -0.4 is 0 Å². The van der Waals surface area contributed by atoms with Gasteiger partial charge in [-0.1, -0.05) is 0 Å². The summed E-state index contributed by atoms with van der Waals surface area (Å²) in [5, 5.41) is 21.8. The molecule has 3 aromatic rings. The van der Waals surface area contributed by atoms with Crippen molar-refractivity contribution in [3.8, 4) is 33.3 Å². The van der Waals surface area contributed by atoms with E-state index in [1.165, 1.54) is 23.5 Å². The van der Waals surface area contributed by atoms with Crippen molar-refractivity contribution in [1.29, 1.82) is 0 Å². The molecule has 2 heterocycles. The molecule has 0 aliphatic heterocycles. The molecule has 0 radical (unpaired) electrons. The topological polar surface area (TPSA) is 66.2 Å². The van der Waals surface area contributed by atoms with Crippen LogP contribution in [0.25, 0.3) is 21.8 Å². The number of thiazole rings is 1. The molecule has 0 unspecified atom stereocenters. The smallest absolute Gasteiger partial charge is 0.128 e. The van der Waals surface area contributed by atoms with Crippen LogP contribution in [0, 0.1) is 0 Å². The standard InChI is InChI=1S/C14H10N2O2S/c17-10-1-2-11(13(18)7-10)12-8-19-14(16-12)9-3-5-15-6-4-9/h1-8,17-18H. The fourth-order valence-electron chi connectivity index (χ4n) is 1.76. The van der Waals surface area contributed by atoms with Crippen LogP contribution in [0.15, 0.2) is 48.1 Å². The number of hydrogen-bond acceptors (Lipinski definition) is 5. The molecular weight excluding hydrogens is 260 g/mol. The monoisotopic (exact) mass is 270 g/mol. The van der Waals surface area contributed by atoms with Gasteiger partial charge in [-0.15, -0.1) is 11.3 Å². The number of nitrogens with zero attached hydrogens (tertiary/aromatic N) is 2. The molecule has 3 rings (SSSR count). The summed E-state index contributed by atoms with van der Waals surface area (Å²) in [4.78, 5) is 8.46. The molecule has 0 saturated carbocycles. The number of aromatic hydroxyl groups is 2. The Kier molecular flexibility index (Phi) is 2.89. The minimum atomic E-state index is 0.0200. The van der Waals surface area contributed by atoms with Crippen molar-refractivity contribution in [1.82, 2.24) is 9.97 Å². The van der Waals surface area contributed by atoms with Gasteiger partial charge in [-0.25, -0.2) is 4.98 Å². The predicted molar refractivity (Wildman–Crippen MR) is 74.1 cm³/mol. The number of hydrogen-bond donors (Lipinski definition) is 2. The fourth-order valence-corrected chi connectivity index (χ4v) is 2.59. The van der Waals surface area contributed by atoms with E-state index < -0.39 is 0 Å². The molecule has 0 bridgehead atoms. The van der Waals surface area contributed by atoms with E-state index in [1.54, 1.807) is 18.5 Å². The Labute approximate surface area is 113 Å². The molecule has 1 aromatic carbocycles. The van der Waals surface area contributed by atoms with Gasteiger partial charge in [0.25, 0.3) is 0 Å². The maximum atomic E-state index is 9.82. The highest BCUT2D eigenvalue weighted by Gasteiger charge is 2.10. The van der Waals surface area contributed by atoms with Crippen LogP contribution in [0.3, 0.4) is 0 Å². The highest BCUT2D eigenvalue weighted by Crippen LogP contribution is 2.34. The van der Waals surface area contributed by atoms with Gasteiger partial charge in [0.2, 0.25) is 0 Å². The van der Waals surface area contributed by atoms with Gasteiger partial charge in [0, 0.05) is 35.0 Å². The summed E-state index contributed by atoms with van der Waals surface area (Å²) < 4.78 is 0. The molecular formula is C14H10N2O2S. The Morgan fingerprint density at radius 1 is 1.00 bits per heavy atom. The summed E-state index contributed by atoms with van der Waals surface area (Å²) in [5.41, 5.74) is 2.29. The maximum Gasteiger partial charge on any atom is 0.128 e. The summed E-state index contributed by atoms with van der Waals surface area (Å²) in [6, 6.07) is 8.26. The predicted octanol–water partition coefficient (Wildman–Crippen LogP) is 3.28. The maximum absolute atomic E-state index is 9.82. The van der Waals surface area contributed by atoms with Gasteiger partial charge >= 0.3 is 0 Å². The van der Waals surface area contributed by atoms with E-state index in [2.05, 4.69) is 9.97 Å². The third-order valence-electron chi connectivity index (χ3n) is 2.69. The van der Waals surface area contributed by atoms with E-state index in [0.717, 1.165) is 10.6 Å². The van der Waals surface area contributed by atoms with Gasteiger partial charge in [-0.2, -0.15) is 0 Å². The van der Waals surface area contributed by atoms with Gasteiger partial charge in [-0.3, -0.25) is 4.98 Å². The molecule has 0 saturated heterocycles. The second-order valence-corrected chi connectivity index (χ2v) is 4.83. The second kappa shape index (κ2) is 4.70. The van der Waals surface area contributed by atoms with E-state index in [9.17, 15) is 10.2 Å². The zero-order chi connectivity index (χ0) is 13.2. The highest BCUT2D eigenvalue weighted by molar-refractivity contribution is 7.13. The van der Waals surface area contributed by atoms with Crippen LogP contribution in [-0.4, -0.2) is 20.2 Å². The van der Waals surface area contributed by atoms with Crippen molar-refractivity contribution in [3.05, 3.63) is 48.1 Å². The Morgan fingerprint density at radius 3 is 2.53 bits per heavy atom. The van der Waals surface area contributed by atoms with Crippen molar-refractivity contribution < 1.29 is 10.2 Å². The molecule has 5 heteroatoms. The van der Waals surface area contributed by atoms with Crippen LogP contribution in [0.4, 0.5) is 0 Å². The average Bonchev–Trinajstić information content (AvgIpc) is 2.89. The first-order chi connectivity index (χ1) is 9.24. The van der Waals surface area contributed by atoms with Crippen molar-refractivity contribution in [2.75, 3.05) is 0 Å². The molecule has 2 aromatic heterocycles. The van der Waals surface area contributed by atoms with E-state index in [4.69, 9.17) is 0 Å². The van der Waals surface area contributed by atoms with Gasteiger partial charge in [0.05, 0.1) is 5.69 Å². The SMILES string of the molecule is Oc1ccc(-c2csc(-c3ccncc3)n2)c(O)c1. The molecule has 0 aliphatic carbocycles. The highest BCUT2D eigenvalue weighted by atomic mass is 32.1. The lowest BCUT2D eigenvalue weighted by atomic mass is 10.1. The number of rotatable bonds is 2. The first kappa shape index (κ1) is 11.7. The average molecular weight is 270 g/mol. The minimum absolute atomic E-state index is 0.0200. The number of phenols is 2. The normalized spacial score (nSPS) is 10.5. The zero-order valence-corrected chi connectivity index (χ0v) is 10.6. The molecule has 0 fully saturated rings. The number of pyridine rings is 1. The largest absolute Gasteiger partial charge is 0.508 e. The quantitative estimate of drug-likeness (QED) is 0.750. The number of aromatic nitrogens is 2. The van der Waals surface area contributed by atoms with Gasteiger partial charge in [0.15, 0.2) is 0 Å². The summed E-state index contributed by atoms with van der Waals surface area (Å²) >= 11 is 1.50. The number of benzene rings is 1. The summed E-state index contributed by atoms with van der Waals surface area (Å²) in [6.45, 7) is 0. The lowest BCUT2D eigenvalue weighted by molar-refractivity contribution is 0.452. The summed E-state index contributed by atoms with van der Waals surface area (Å²) in [7, 11) is 0. The minimum Gasteiger partial charge on any atom is -0.508 e. The molecule has 4 nitrogen and oxygen atoms in total. The first-order valence-electron chi connectivity index (χ1n) is 5.62. The molecule has 0 aliphatic rings. The van der Waals surface area contributed by atoms with Crippen molar-refractivity contribution >= 4 is 11.3 Å². The third-order valence-corrected chi connectivity index (χ3v) is 3.58.